The second-order valence-corrected chi connectivity index (χ2v) is 9.61. The van der Waals surface area contributed by atoms with E-state index in [0.717, 1.165) is 11.6 Å². The molecule has 1 N–H and O–H groups in total. The van der Waals surface area contributed by atoms with Crippen LogP contribution in [0.5, 0.6) is 0 Å². The second kappa shape index (κ2) is 9.76. The van der Waals surface area contributed by atoms with Gasteiger partial charge in [0, 0.05) is 32.2 Å². The van der Waals surface area contributed by atoms with E-state index in [1.54, 1.807) is 13.8 Å². The number of benzene rings is 2. The molecule has 9 heteroatoms. The highest BCUT2D eigenvalue weighted by molar-refractivity contribution is 7.89. The van der Waals surface area contributed by atoms with Crippen LogP contribution in [0, 0.1) is 16.0 Å². The first kappa shape index (κ1) is 23.2. The lowest BCUT2D eigenvalue weighted by Gasteiger charge is -2.35. The summed E-state index contributed by atoms with van der Waals surface area (Å²) < 4.78 is 26.8. The highest BCUT2D eigenvalue weighted by Gasteiger charge is 2.31. The van der Waals surface area contributed by atoms with E-state index >= 15 is 0 Å². The summed E-state index contributed by atoms with van der Waals surface area (Å²) in [6, 6.07) is 13.6. The molecule has 1 unspecified atom stereocenters. The molecule has 0 aliphatic carbocycles. The van der Waals surface area contributed by atoms with Gasteiger partial charge in [0.05, 0.1) is 15.9 Å². The third-order valence-corrected chi connectivity index (χ3v) is 8.00. The molecule has 3 rings (SSSR count). The molecular weight excluding hydrogens is 418 g/mol. The topological polar surface area (TPSA) is 104 Å². The quantitative estimate of drug-likeness (QED) is 0.490. The van der Waals surface area contributed by atoms with Gasteiger partial charge in [0.25, 0.3) is 5.69 Å². The van der Waals surface area contributed by atoms with Gasteiger partial charge in [-0.25, -0.2) is 8.42 Å². The zero-order chi connectivity index (χ0) is 22.6. The number of sulfonamides is 1. The van der Waals surface area contributed by atoms with Crippen LogP contribution in [0.15, 0.2) is 53.4 Å². The van der Waals surface area contributed by atoms with Crippen molar-refractivity contribution in [3.63, 3.8) is 0 Å². The van der Waals surface area contributed by atoms with Crippen molar-refractivity contribution in [3.8, 4) is 0 Å². The maximum Gasteiger partial charge on any atom is 0.293 e. The molecule has 1 aliphatic rings. The summed E-state index contributed by atoms with van der Waals surface area (Å²) in [5.41, 5.74) is 1.07. The van der Waals surface area contributed by atoms with Crippen molar-refractivity contribution in [3.05, 3.63) is 64.2 Å². The van der Waals surface area contributed by atoms with Crippen molar-refractivity contribution >= 4 is 21.4 Å². The Kier molecular flexibility index (Phi) is 7.30. The van der Waals surface area contributed by atoms with Crippen molar-refractivity contribution in [2.24, 2.45) is 5.92 Å². The Bertz CT molecular complexity index is 1000. The van der Waals surface area contributed by atoms with Crippen LogP contribution in [0.3, 0.4) is 0 Å². The minimum Gasteiger partial charge on any atom is -0.388 e. The van der Waals surface area contributed by atoms with Gasteiger partial charge in [-0.15, -0.1) is 0 Å². The average molecular weight is 448 g/mol. The molecule has 168 valence electrons. The molecule has 0 saturated carbocycles. The van der Waals surface area contributed by atoms with E-state index in [2.05, 4.69) is 0 Å². The minimum atomic E-state index is -3.78. The smallest absolute Gasteiger partial charge is 0.293 e. The first-order chi connectivity index (χ1) is 14.8. The SMILES string of the molecule is CCN(CC)S(=O)(=O)c1ccc(N2CCC(C(O)c3ccccc3)CC2)c([N+](=O)[O-])c1. The van der Waals surface area contributed by atoms with E-state index in [4.69, 9.17) is 0 Å². The summed E-state index contributed by atoms with van der Waals surface area (Å²) in [6.45, 7) is 5.17. The Balaban J connectivity index is 1.80. The third kappa shape index (κ3) is 4.89. The van der Waals surface area contributed by atoms with E-state index in [0.29, 0.717) is 44.7 Å². The van der Waals surface area contributed by atoms with Crippen LogP contribution in [-0.2, 0) is 10.0 Å². The molecule has 0 amide bonds. The molecule has 2 aromatic carbocycles. The lowest BCUT2D eigenvalue weighted by atomic mass is 9.87. The zero-order valence-electron chi connectivity index (χ0n) is 17.8. The molecule has 1 saturated heterocycles. The van der Waals surface area contributed by atoms with Crippen LogP contribution >= 0.6 is 0 Å². The number of aliphatic hydroxyl groups is 1. The summed E-state index contributed by atoms with van der Waals surface area (Å²) in [7, 11) is -3.78. The van der Waals surface area contributed by atoms with Gasteiger partial charge in [-0.1, -0.05) is 44.2 Å². The third-order valence-electron chi connectivity index (χ3n) is 5.95. The zero-order valence-corrected chi connectivity index (χ0v) is 18.7. The van der Waals surface area contributed by atoms with Crippen molar-refractivity contribution in [2.45, 2.75) is 37.7 Å². The molecule has 8 nitrogen and oxygen atoms in total. The number of nitro groups is 1. The average Bonchev–Trinajstić information content (AvgIpc) is 2.79. The van der Waals surface area contributed by atoms with Gasteiger partial charge < -0.3 is 10.0 Å². The van der Waals surface area contributed by atoms with Crippen molar-refractivity contribution in [2.75, 3.05) is 31.1 Å². The van der Waals surface area contributed by atoms with Crippen LogP contribution in [0.1, 0.15) is 38.4 Å². The molecule has 1 aliphatic heterocycles. The Morgan fingerprint density at radius 3 is 2.29 bits per heavy atom. The summed E-state index contributed by atoms with van der Waals surface area (Å²) in [6.07, 6.45) is 0.805. The number of aliphatic hydroxyl groups excluding tert-OH is 1. The van der Waals surface area contributed by atoms with Gasteiger partial charge in [0.2, 0.25) is 10.0 Å². The maximum atomic E-state index is 12.8. The number of piperidine rings is 1. The maximum absolute atomic E-state index is 12.8. The number of hydrogen-bond acceptors (Lipinski definition) is 6. The van der Waals surface area contributed by atoms with Crippen LogP contribution < -0.4 is 4.90 Å². The fourth-order valence-electron chi connectivity index (χ4n) is 4.17. The number of anilines is 1. The van der Waals surface area contributed by atoms with E-state index in [1.807, 2.05) is 35.2 Å². The van der Waals surface area contributed by atoms with Gasteiger partial charge in [-0.3, -0.25) is 10.1 Å². The Morgan fingerprint density at radius 1 is 1.13 bits per heavy atom. The molecule has 0 bridgehead atoms. The molecule has 1 fully saturated rings. The summed E-state index contributed by atoms with van der Waals surface area (Å²) in [5.74, 6) is 0.0695. The number of hydrogen-bond donors (Lipinski definition) is 1. The van der Waals surface area contributed by atoms with Crippen LogP contribution in [0.4, 0.5) is 11.4 Å². The molecule has 0 spiro atoms. The van der Waals surface area contributed by atoms with Crippen LogP contribution in [0.2, 0.25) is 0 Å². The Labute approximate surface area is 183 Å². The van der Waals surface area contributed by atoms with Crippen molar-refractivity contribution in [1.82, 2.24) is 4.31 Å². The van der Waals surface area contributed by atoms with Gasteiger partial charge in [-0.05, 0) is 36.5 Å². The minimum absolute atomic E-state index is 0.0685. The summed E-state index contributed by atoms with van der Waals surface area (Å²) in [4.78, 5) is 13.0. The monoisotopic (exact) mass is 447 g/mol. The first-order valence-corrected chi connectivity index (χ1v) is 12.0. The van der Waals surface area contributed by atoms with Crippen molar-refractivity contribution < 1.29 is 18.4 Å². The molecule has 0 radical (unpaired) electrons. The number of nitro benzene ring substituents is 1. The molecule has 1 heterocycles. The van der Waals surface area contributed by atoms with Gasteiger partial charge in [0.15, 0.2) is 0 Å². The number of rotatable bonds is 8. The van der Waals surface area contributed by atoms with Gasteiger partial charge in [0.1, 0.15) is 5.69 Å². The first-order valence-electron chi connectivity index (χ1n) is 10.6. The van der Waals surface area contributed by atoms with Crippen LogP contribution in [-0.4, -0.2) is 48.9 Å². The van der Waals surface area contributed by atoms with Gasteiger partial charge >= 0.3 is 0 Å². The fourth-order valence-corrected chi connectivity index (χ4v) is 5.65. The van der Waals surface area contributed by atoms with E-state index in [9.17, 15) is 23.6 Å². The molecule has 31 heavy (non-hydrogen) atoms. The molecule has 0 aromatic heterocycles. The van der Waals surface area contributed by atoms with Gasteiger partial charge in [-0.2, -0.15) is 4.31 Å². The lowest BCUT2D eigenvalue weighted by molar-refractivity contribution is -0.384. The predicted molar refractivity (Wildman–Crippen MR) is 120 cm³/mol. The van der Waals surface area contributed by atoms with E-state index in [-0.39, 0.29) is 16.5 Å². The molecular formula is C22H29N3O5S. The highest BCUT2D eigenvalue weighted by atomic mass is 32.2. The fraction of sp³-hybridized carbons (Fsp3) is 0.455. The van der Waals surface area contributed by atoms with E-state index in [1.165, 1.54) is 16.4 Å². The Hall–Kier alpha value is -2.49. The number of nitrogens with zero attached hydrogens (tertiary/aromatic N) is 3. The summed E-state index contributed by atoms with van der Waals surface area (Å²) >= 11 is 0. The molecule has 1 atom stereocenters. The lowest BCUT2D eigenvalue weighted by Crippen LogP contribution is -2.36. The van der Waals surface area contributed by atoms with E-state index < -0.39 is 21.1 Å². The van der Waals surface area contributed by atoms with Crippen LogP contribution in [0.25, 0.3) is 0 Å². The predicted octanol–water partition coefficient (Wildman–Crippen LogP) is 3.58. The standard InChI is InChI=1S/C22H29N3O5S/c1-3-24(4-2)31(29,30)19-10-11-20(21(16-19)25(27)28)23-14-12-18(13-15-23)22(26)17-8-6-5-7-9-17/h5-11,16,18,22,26H,3-4,12-15H2,1-2H3. The normalized spacial score (nSPS) is 16.5. The Morgan fingerprint density at radius 2 is 1.74 bits per heavy atom. The highest BCUT2D eigenvalue weighted by Crippen LogP contribution is 2.37. The molecule has 2 aromatic rings. The largest absolute Gasteiger partial charge is 0.388 e. The van der Waals surface area contributed by atoms with Crippen molar-refractivity contribution in [1.29, 1.82) is 0 Å². The second-order valence-electron chi connectivity index (χ2n) is 7.68. The summed E-state index contributed by atoms with van der Waals surface area (Å²) in [5, 5.41) is 22.4.